The van der Waals surface area contributed by atoms with Crippen LogP contribution >= 0.6 is 0 Å². The van der Waals surface area contributed by atoms with Crippen LogP contribution in [0.4, 0.5) is 0 Å². The van der Waals surface area contributed by atoms with Crippen molar-refractivity contribution >= 4 is 17.8 Å². The molecule has 0 saturated heterocycles. The number of cyclic esters (lactones) is 1. The van der Waals surface area contributed by atoms with E-state index in [0.29, 0.717) is 22.8 Å². The second-order valence-electron chi connectivity index (χ2n) is 5.47. The van der Waals surface area contributed by atoms with Crippen LogP contribution in [-0.4, -0.2) is 20.2 Å². The molecular weight excluding hydrogens is 304 g/mol. The van der Waals surface area contributed by atoms with Crippen LogP contribution in [0.3, 0.4) is 0 Å². The molecule has 0 bridgehead atoms. The maximum Gasteiger partial charge on any atom is 0.343 e. The van der Waals surface area contributed by atoms with Gasteiger partial charge in [-0.1, -0.05) is 29.8 Å². The van der Waals surface area contributed by atoms with Gasteiger partial charge in [0.1, 0.15) is 17.3 Å². The molecule has 1 aliphatic rings. The first-order valence-electron chi connectivity index (χ1n) is 7.55. The molecule has 24 heavy (non-hydrogen) atoms. The Morgan fingerprint density at radius 1 is 1.00 bits per heavy atom. The number of ether oxygens (including phenoxy) is 3. The monoisotopic (exact) mass is 322 g/mol. The molecular formula is C20H18O4. The maximum atomic E-state index is 12.1. The summed E-state index contributed by atoms with van der Waals surface area (Å²) < 4.78 is 15.9. The van der Waals surface area contributed by atoms with E-state index in [2.05, 4.69) is 0 Å². The Morgan fingerprint density at radius 3 is 2.42 bits per heavy atom. The number of carbonyl (C=O) groups excluding carboxylic acids is 1. The highest BCUT2D eigenvalue weighted by molar-refractivity contribution is 6.05. The van der Waals surface area contributed by atoms with Crippen LogP contribution in [0.15, 0.2) is 54.1 Å². The molecule has 0 N–H and O–H groups in total. The highest BCUT2D eigenvalue weighted by atomic mass is 16.5. The third-order valence-electron chi connectivity index (χ3n) is 3.81. The van der Waals surface area contributed by atoms with E-state index < -0.39 is 0 Å². The standard InChI is InChI=1S/C20H18O4/c1-13-4-6-14(7-5-13)19-11-16(20(21)24-19)10-15-8-9-17(22-2)12-18(15)23-3/h4-12H,1-3H3. The summed E-state index contributed by atoms with van der Waals surface area (Å²) in [7, 11) is 3.18. The van der Waals surface area contributed by atoms with E-state index in [0.717, 1.165) is 16.7 Å². The van der Waals surface area contributed by atoms with Gasteiger partial charge < -0.3 is 14.2 Å². The molecule has 0 amide bonds. The fraction of sp³-hybridized carbons (Fsp3) is 0.150. The summed E-state index contributed by atoms with van der Waals surface area (Å²) in [5, 5.41) is 0. The molecule has 2 aromatic rings. The number of hydrogen-bond acceptors (Lipinski definition) is 4. The van der Waals surface area contributed by atoms with Gasteiger partial charge in [-0.3, -0.25) is 0 Å². The average molecular weight is 322 g/mol. The summed E-state index contributed by atoms with van der Waals surface area (Å²) in [6.45, 7) is 2.01. The van der Waals surface area contributed by atoms with Crippen LogP contribution < -0.4 is 9.47 Å². The van der Waals surface area contributed by atoms with Crippen LogP contribution in [0, 0.1) is 6.92 Å². The molecule has 4 nitrogen and oxygen atoms in total. The number of aryl methyl sites for hydroxylation is 1. The molecule has 122 valence electrons. The van der Waals surface area contributed by atoms with Crippen LogP contribution in [0.1, 0.15) is 16.7 Å². The van der Waals surface area contributed by atoms with Gasteiger partial charge >= 0.3 is 5.97 Å². The minimum Gasteiger partial charge on any atom is -0.497 e. The van der Waals surface area contributed by atoms with Crippen molar-refractivity contribution in [3.05, 3.63) is 70.8 Å². The van der Waals surface area contributed by atoms with E-state index in [1.54, 1.807) is 32.4 Å². The largest absolute Gasteiger partial charge is 0.497 e. The van der Waals surface area contributed by atoms with E-state index >= 15 is 0 Å². The van der Waals surface area contributed by atoms with Gasteiger partial charge in [-0.2, -0.15) is 0 Å². The molecule has 0 spiro atoms. The van der Waals surface area contributed by atoms with Crippen molar-refractivity contribution in [2.24, 2.45) is 0 Å². The highest BCUT2D eigenvalue weighted by Crippen LogP contribution is 2.31. The van der Waals surface area contributed by atoms with Gasteiger partial charge in [0, 0.05) is 17.2 Å². The van der Waals surface area contributed by atoms with Crippen molar-refractivity contribution in [3.8, 4) is 11.5 Å². The lowest BCUT2D eigenvalue weighted by molar-refractivity contribution is -0.130. The smallest absolute Gasteiger partial charge is 0.343 e. The predicted octanol–water partition coefficient (Wildman–Crippen LogP) is 3.99. The van der Waals surface area contributed by atoms with Crippen molar-refractivity contribution in [1.29, 1.82) is 0 Å². The first kappa shape index (κ1) is 15.9. The normalized spacial score (nSPS) is 15.2. The SMILES string of the molecule is COc1ccc(C=C2C=C(c3ccc(C)cc3)OC2=O)c(OC)c1. The third kappa shape index (κ3) is 3.18. The fourth-order valence-corrected chi connectivity index (χ4v) is 2.45. The number of methoxy groups -OCH3 is 2. The Morgan fingerprint density at radius 2 is 1.75 bits per heavy atom. The summed E-state index contributed by atoms with van der Waals surface area (Å²) in [5.41, 5.74) is 3.29. The van der Waals surface area contributed by atoms with Crippen LogP contribution in [0.25, 0.3) is 11.8 Å². The lowest BCUT2D eigenvalue weighted by Crippen LogP contribution is -1.98. The second kappa shape index (κ2) is 6.62. The Bertz CT molecular complexity index is 829. The molecule has 0 aliphatic carbocycles. The first-order valence-corrected chi connectivity index (χ1v) is 7.55. The molecule has 0 atom stereocenters. The summed E-state index contributed by atoms with van der Waals surface area (Å²) in [6, 6.07) is 13.3. The maximum absolute atomic E-state index is 12.1. The minimum absolute atomic E-state index is 0.372. The summed E-state index contributed by atoms with van der Waals surface area (Å²) in [4.78, 5) is 12.1. The lowest BCUT2D eigenvalue weighted by atomic mass is 10.1. The number of carbonyl (C=O) groups is 1. The quantitative estimate of drug-likeness (QED) is 0.630. The zero-order valence-electron chi connectivity index (χ0n) is 13.8. The van der Waals surface area contributed by atoms with Crippen molar-refractivity contribution < 1.29 is 19.0 Å². The molecule has 4 heteroatoms. The topological polar surface area (TPSA) is 44.8 Å². The third-order valence-corrected chi connectivity index (χ3v) is 3.81. The van der Waals surface area contributed by atoms with Gasteiger partial charge in [-0.25, -0.2) is 4.79 Å². The van der Waals surface area contributed by atoms with Crippen molar-refractivity contribution in [1.82, 2.24) is 0 Å². The van der Waals surface area contributed by atoms with Gasteiger partial charge in [-0.05, 0) is 31.2 Å². The Labute approximate surface area is 141 Å². The molecule has 2 aromatic carbocycles. The van der Waals surface area contributed by atoms with E-state index in [4.69, 9.17) is 14.2 Å². The van der Waals surface area contributed by atoms with E-state index in [1.165, 1.54) is 0 Å². The summed E-state index contributed by atoms with van der Waals surface area (Å²) >= 11 is 0. The zero-order chi connectivity index (χ0) is 17.1. The van der Waals surface area contributed by atoms with Gasteiger partial charge in [0.05, 0.1) is 19.8 Å². The number of benzene rings is 2. The first-order chi connectivity index (χ1) is 11.6. The van der Waals surface area contributed by atoms with Gasteiger partial charge in [-0.15, -0.1) is 0 Å². The number of hydrogen-bond donors (Lipinski definition) is 0. The van der Waals surface area contributed by atoms with Gasteiger partial charge in [0.15, 0.2) is 0 Å². The van der Waals surface area contributed by atoms with Crippen LogP contribution in [-0.2, 0) is 9.53 Å². The zero-order valence-corrected chi connectivity index (χ0v) is 13.8. The Hall–Kier alpha value is -3.01. The Kier molecular flexibility index (Phi) is 4.38. The average Bonchev–Trinajstić information content (AvgIpc) is 2.96. The Balaban J connectivity index is 1.95. The van der Waals surface area contributed by atoms with E-state index in [-0.39, 0.29) is 5.97 Å². The van der Waals surface area contributed by atoms with Crippen molar-refractivity contribution in [3.63, 3.8) is 0 Å². The molecule has 0 saturated carbocycles. The second-order valence-corrected chi connectivity index (χ2v) is 5.47. The number of esters is 1. The molecule has 0 aromatic heterocycles. The highest BCUT2D eigenvalue weighted by Gasteiger charge is 2.22. The van der Waals surface area contributed by atoms with Crippen LogP contribution in [0.2, 0.25) is 0 Å². The van der Waals surface area contributed by atoms with Crippen molar-refractivity contribution in [2.45, 2.75) is 6.92 Å². The predicted molar refractivity (Wildman–Crippen MR) is 92.8 cm³/mol. The lowest BCUT2D eigenvalue weighted by Gasteiger charge is -2.07. The summed E-state index contributed by atoms with van der Waals surface area (Å²) in [5.74, 6) is 1.51. The molecule has 0 unspecified atom stereocenters. The molecule has 1 aliphatic heterocycles. The van der Waals surface area contributed by atoms with E-state index in [1.807, 2.05) is 43.3 Å². The molecule has 0 fully saturated rings. The molecule has 0 radical (unpaired) electrons. The van der Waals surface area contributed by atoms with E-state index in [9.17, 15) is 4.79 Å². The minimum atomic E-state index is -0.372. The molecule has 3 rings (SSSR count). The van der Waals surface area contributed by atoms with Gasteiger partial charge in [0.2, 0.25) is 0 Å². The summed E-state index contributed by atoms with van der Waals surface area (Å²) in [6.07, 6.45) is 3.50. The fourth-order valence-electron chi connectivity index (χ4n) is 2.45. The van der Waals surface area contributed by atoms with Crippen LogP contribution in [0.5, 0.6) is 11.5 Å². The number of rotatable bonds is 4. The molecule has 1 heterocycles. The van der Waals surface area contributed by atoms with Gasteiger partial charge in [0.25, 0.3) is 0 Å². The van der Waals surface area contributed by atoms with Crippen molar-refractivity contribution in [2.75, 3.05) is 14.2 Å².